The Kier molecular flexibility index (Phi) is 3.77. The van der Waals surface area contributed by atoms with Gasteiger partial charge < -0.3 is 4.98 Å². The fraction of sp³-hybridized carbons (Fsp3) is 0.500. The lowest BCUT2D eigenvalue weighted by Crippen LogP contribution is -2.39. The highest BCUT2D eigenvalue weighted by atomic mass is 28.2. The molecule has 1 saturated carbocycles. The Morgan fingerprint density at radius 2 is 1.71 bits per heavy atom. The fourth-order valence-electron chi connectivity index (χ4n) is 2.16. The van der Waals surface area contributed by atoms with Gasteiger partial charge in [0.15, 0.2) is 0 Å². The molecule has 0 spiro atoms. The van der Waals surface area contributed by atoms with Gasteiger partial charge in [0, 0.05) is 6.04 Å². The molecule has 0 radical (unpaired) electrons. The molecule has 76 valence electrons. The van der Waals surface area contributed by atoms with E-state index >= 15 is 0 Å². The maximum absolute atomic E-state index is 3.78. The van der Waals surface area contributed by atoms with Crippen LogP contribution in [0.5, 0.6) is 0 Å². The smallest absolute Gasteiger partial charge is 0.124 e. The van der Waals surface area contributed by atoms with Gasteiger partial charge in [0.05, 0.1) is 0 Å². The van der Waals surface area contributed by atoms with Crippen LogP contribution in [0.15, 0.2) is 30.3 Å². The van der Waals surface area contributed by atoms with E-state index in [-0.39, 0.29) is 9.68 Å². The highest BCUT2D eigenvalue weighted by Crippen LogP contribution is 2.16. The Morgan fingerprint density at radius 3 is 2.43 bits per heavy atom. The summed E-state index contributed by atoms with van der Waals surface area (Å²) in [5.74, 6) is 0. The molecule has 0 unspecified atom stereocenters. The predicted molar refractivity (Wildman–Crippen MR) is 64.6 cm³/mol. The standard InChI is InChI=1S/C12H19NSi/c1-3-7-11(8-4-1)13-14-12-9-5-2-6-10-12/h2,5-6,9-11,13H,1,3-4,7-8,14H2. The van der Waals surface area contributed by atoms with E-state index in [9.17, 15) is 0 Å². The molecule has 1 aliphatic rings. The van der Waals surface area contributed by atoms with E-state index in [2.05, 4.69) is 35.3 Å². The number of benzene rings is 1. The van der Waals surface area contributed by atoms with E-state index < -0.39 is 0 Å². The first-order valence-electron chi connectivity index (χ1n) is 5.72. The highest BCUT2D eigenvalue weighted by Gasteiger charge is 2.11. The molecule has 0 aliphatic heterocycles. The molecule has 1 N–H and O–H groups in total. The van der Waals surface area contributed by atoms with Crippen molar-refractivity contribution in [1.82, 2.24) is 4.98 Å². The van der Waals surface area contributed by atoms with Crippen molar-refractivity contribution in [2.75, 3.05) is 0 Å². The van der Waals surface area contributed by atoms with Crippen molar-refractivity contribution >= 4 is 14.9 Å². The molecule has 0 atom stereocenters. The second-order valence-corrected chi connectivity index (χ2v) is 5.78. The van der Waals surface area contributed by atoms with Gasteiger partial charge >= 0.3 is 0 Å². The zero-order valence-corrected chi connectivity index (χ0v) is 10.1. The van der Waals surface area contributed by atoms with Crippen LogP contribution in [0.25, 0.3) is 0 Å². The van der Waals surface area contributed by atoms with Gasteiger partial charge in [0.1, 0.15) is 9.68 Å². The van der Waals surface area contributed by atoms with Crippen molar-refractivity contribution in [1.29, 1.82) is 0 Å². The molecule has 2 heteroatoms. The van der Waals surface area contributed by atoms with E-state index in [0.717, 1.165) is 6.04 Å². The van der Waals surface area contributed by atoms with E-state index in [4.69, 9.17) is 0 Å². The summed E-state index contributed by atoms with van der Waals surface area (Å²) >= 11 is 0. The van der Waals surface area contributed by atoms with Gasteiger partial charge in [-0.25, -0.2) is 0 Å². The van der Waals surface area contributed by atoms with E-state index in [1.54, 1.807) is 0 Å². The molecule has 2 rings (SSSR count). The quantitative estimate of drug-likeness (QED) is 0.734. The van der Waals surface area contributed by atoms with Crippen LogP contribution in [0, 0.1) is 0 Å². The van der Waals surface area contributed by atoms with Crippen molar-refractivity contribution < 1.29 is 0 Å². The lowest BCUT2D eigenvalue weighted by Gasteiger charge is -2.22. The van der Waals surface area contributed by atoms with Gasteiger partial charge in [0.2, 0.25) is 0 Å². The summed E-state index contributed by atoms with van der Waals surface area (Å²) in [5.41, 5.74) is 0. The van der Waals surface area contributed by atoms with Crippen LogP contribution in [0.1, 0.15) is 32.1 Å². The first-order valence-corrected chi connectivity index (χ1v) is 7.14. The maximum Gasteiger partial charge on any atom is 0.124 e. The average Bonchev–Trinajstić information content (AvgIpc) is 2.29. The van der Waals surface area contributed by atoms with Gasteiger partial charge in [0.25, 0.3) is 0 Å². The minimum Gasteiger partial charge on any atom is -0.336 e. The van der Waals surface area contributed by atoms with Crippen LogP contribution in [0.2, 0.25) is 0 Å². The summed E-state index contributed by atoms with van der Waals surface area (Å²) in [4.78, 5) is 3.78. The minimum atomic E-state index is -0.206. The third-order valence-corrected chi connectivity index (χ3v) is 4.70. The fourth-order valence-corrected chi connectivity index (χ4v) is 3.61. The van der Waals surface area contributed by atoms with E-state index in [0.29, 0.717) is 0 Å². The molecular weight excluding hydrogens is 186 g/mol. The van der Waals surface area contributed by atoms with Gasteiger partial charge in [-0.05, 0) is 12.8 Å². The van der Waals surface area contributed by atoms with Gasteiger partial charge in [-0.15, -0.1) is 0 Å². The van der Waals surface area contributed by atoms with Crippen molar-refractivity contribution in [3.05, 3.63) is 30.3 Å². The predicted octanol–water partition coefficient (Wildman–Crippen LogP) is 1.32. The average molecular weight is 205 g/mol. The molecule has 0 saturated heterocycles. The molecule has 1 aromatic carbocycles. The van der Waals surface area contributed by atoms with Crippen LogP contribution in [0.3, 0.4) is 0 Å². The van der Waals surface area contributed by atoms with E-state index in [1.165, 1.54) is 37.3 Å². The number of hydrogen-bond acceptors (Lipinski definition) is 1. The molecule has 0 heterocycles. The normalized spacial score (nSPS) is 19.1. The Balaban J connectivity index is 1.76. The molecule has 1 aromatic rings. The van der Waals surface area contributed by atoms with Crippen molar-refractivity contribution in [2.24, 2.45) is 0 Å². The molecule has 14 heavy (non-hydrogen) atoms. The summed E-state index contributed by atoms with van der Waals surface area (Å²) in [7, 11) is -0.206. The van der Waals surface area contributed by atoms with Gasteiger partial charge in [-0.3, -0.25) is 0 Å². The zero-order valence-electron chi connectivity index (χ0n) is 8.71. The van der Waals surface area contributed by atoms with Gasteiger partial charge in [-0.1, -0.05) is 54.8 Å². The summed E-state index contributed by atoms with van der Waals surface area (Å²) in [5, 5.41) is 1.54. The second-order valence-electron chi connectivity index (χ2n) is 4.20. The van der Waals surface area contributed by atoms with Gasteiger partial charge in [-0.2, -0.15) is 0 Å². The minimum absolute atomic E-state index is 0.206. The lowest BCUT2D eigenvalue weighted by atomic mass is 9.96. The number of hydrogen-bond donors (Lipinski definition) is 1. The highest BCUT2D eigenvalue weighted by molar-refractivity contribution is 6.50. The third-order valence-electron chi connectivity index (χ3n) is 3.04. The molecule has 1 aliphatic carbocycles. The zero-order chi connectivity index (χ0) is 9.64. The summed E-state index contributed by atoms with van der Waals surface area (Å²) in [6, 6.07) is 11.7. The largest absolute Gasteiger partial charge is 0.336 e. The van der Waals surface area contributed by atoms with Crippen LogP contribution in [0.4, 0.5) is 0 Å². The molecule has 0 aromatic heterocycles. The summed E-state index contributed by atoms with van der Waals surface area (Å²) in [6.07, 6.45) is 7.12. The molecule has 0 amide bonds. The molecular formula is C12H19NSi. The lowest BCUT2D eigenvalue weighted by molar-refractivity contribution is 0.419. The molecule has 0 bridgehead atoms. The Labute approximate surface area is 88.8 Å². The number of rotatable bonds is 3. The van der Waals surface area contributed by atoms with Crippen molar-refractivity contribution in [3.63, 3.8) is 0 Å². The Hall–Kier alpha value is -0.603. The van der Waals surface area contributed by atoms with Crippen LogP contribution in [-0.4, -0.2) is 15.7 Å². The van der Waals surface area contributed by atoms with Crippen LogP contribution < -0.4 is 10.2 Å². The summed E-state index contributed by atoms with van der Waals surface area (Å²) in [6.45, 7) is 0. The maximum atomic E-state index is 3.78. The van der Waals surface area contributed by atoms with Crippen LogP contribution >= 0.6 is 0 Å². The Bertz CT molecular complexity index is 254. The SMILES string of the molecule is c1ccc([SiH2]NC2CCCCC2)cc1. The third kappa shape index (κ3) is 2.96. The van der Waals surface area contributed by atoms with Crippen LogP contribution in [-0.2, 0) is 0 Å². The van der Waals surface area contributed by atoms with E-state index in [1.807, 2.05) is 0 Å². The number of nitrogens with one attached hydrogen (secondary N) is 1. The molecule has 1 fully saturated rings. The van der Waals surface area contributed by atoms with Crippen molar-refractivity contribution in [2.45, 2.75) is 38.1 Å². The topological polar surface area (TPSA) is 12.0 Å². The molecule has 1 nitrogen and oxygen atoms in total. The monoisotopic (exact) mass is 205 g/mol. The first kappa shape index (κ1) is 9.93. The first-order chi connectivity index (χ1) is 6.95. The van der Waals surface area contributed by atoms with Crippen molar-refractivity contribution in [3.8, 4) is 0 Å². The second kappa shape index (κ2) is 5.32. The Morgan fingerprint density at radius 1 is 1.00 bits per heavy atom. The summed E-state index contributed by atoms with van der Waals surface area (Å²) < 4.78 is 0.